The number of H-pyrrole nitrogens is 1. The maximum absolute atomic E-state index is 11.4. The summed E-state index contributed by atoms with van der Waals surface area (Å²) in [6, 6.07) is 7.31. The van der Waals surface area contributed by atoms with Crippen molar-refractivity contribution in [3.8, 4) is 0 Å². The van der Waals surface area contributed by atoms with Crippen LogP contribution in [0, 0.1) is 0 Å². The van der Waals surface area contributed by atoms with Crippen LogP contribution in [0.5, 0.6) is 0 Å². The summed E-state index contributed by atoms with van der Waals surface area (Å²) in [6.07, 6.45) is 1.90. The highest BCUT2D eigenvalue weighted by molar-refractivity contribution is 5.85. The minimum absolute atomic E-state index is 0. The summed E-state index contributed by atoms with van der Waals surface area (Å²) in [6.45, 7) is 1.93. The SMILES string of the molecule is C.COC(=O)[C@@H](N)[C@H](C)c1c[nH]c2ccccc12. The molecule has 0 fully saturated rings. The Balaban J connectivity index is 0.00000162. The zero-order valence-electron chi connectivity index (χ0n) is 9.94. The molecule has 2 rings (SSSR count). The number of methoxy groups -OCH3 is 1. The van der Waals surface area contributed by atoms with Gasteiger partial charge in [-0.05, 0) is 11.6 Å². The molecule has 0 saturated heterocycles. The number of para-hydroxylation sites is 1. The van der Waals surface area contributed by atoms with Crippen molar-refractivity contribution in [1.82, 2.24) is 4.98 Å². The van der Waals surface area contributed by atoms with E-state index in [4.69, 9.17) is 5.73 Å². The molecule has 1 aromatic heterocycles. The van der Waals surface area contributed by atoms with Gasteiger partial charge in [0.1, 0.15) is 6.04 Å². The predicted octanol–water partition coefficient (Wildman–Crippen LogP) is 2.41. The average Bonchev–Trinajstić information content (AvgIpc) is 2.79. The molecule has 0 unspecified atom stereocenters. The van der Waals surface area contributed by atoms with Crippen molar-refractivity contribution in [3.05, 3.63) is 36.0 Å². The zero-order valence-corrected chi connectivity index (χ0v) is 9.94. The minimum atomic E-state index is -0.640. The highest BCUT2D eigenvalue weighted by Gasteiger charge is 2.24. The molecule has 3 N–H and O–H groups in total. The van der Waals surface area contributed by atoms with Crippen LogP contribution in [0.3, 0.4) is 0 Å². The minimum Gasteiger partial charge on any atom is -0.468 e. The molecule has 1 aromatic carbocycles. The summed E-state index contributed by atoms with van der Waals surface area (Å²) in [4.78, 5) is 14.6. The third-order valence-electron chi connectivity index (χ3n) is 3.12. The number of carbonyl (C=O) groups is 1. The highest BCUT2D eigenvalue weighted by atomic mass is 16.5. The Bertz CT molecular complexity index is 533. The number of hydrogen-bond donors (Lipinski definition) is 2. The van der Waals surface area contributed by atoms with Gasteiger partial charge in [-0.25, -0.2) is 0 Å². The molecule has 0 aliphatic carbocycles. The molecule has 2 aromatic rings. The summed E-state index contributed by atoms with van der Waals surface area (Å²) in [5.74, 6) is -0.471. The maximum atomic E-state index is 11.4. The van der Waals surface area contributed by atoms with Crippen LogP contribution in [0.25, 0.3) is 10.9 Å². The fraction of sp³-hybridized carbons (Fsp3) is 0.357. The Hall–Kier alpha value is -1.81. The number of rotatable bonds is 3. The van der Waals surface area contributed by atoms with Crippen LogP contribution >= 0.6 is 0 Å². The summed E-state index contributed by atoms with van der Waals surface area (Å²) >= 11 is 0. The van der Waals surface area contributed by atoms with Gasteiger partial charge in [0.15, 0.2) is 0 Å². The number of benzene rings is 1. The van der Waals surface area contributed by atoms with Gasteiger partial charge in [-0.3, -0.25) is 4.79 Å². The quantitative estimate of drug-likeness (QED) is 0.820. The third kappa shape index (κ3) is 2.38. The van der Waals surface area contributed by atoms with E-state index in [0.29, 0.717) is 0 Å². The molecule has 0 aliphatic rings. The molecule has 4 nitrogen and oxygen atoms in total. The first-order valence-corrected chi connectivity index (χ1v) is 5.54. The molecule has 0 bridgehead atoms. The van der Waals surface area contributed by atoms with E-state index < -0.39 is 6.04 Å². The number of hydrogen-bond acceptors (Lipinski definition) is 3. The Morgan fingerprint density at radius 1 is 1.39 bits per heavy atom. The van der Waals surface area contributed by atoms with E-state index in [1.165, 1.54) is 7.11 Å². The fourth-order valence-electron chi connectivity index (χ4n) is 2.00. The number of nitrogens with two attached hydrogens (primary N) is 1. The van der Waals surface area contributed by atoms with Crippen molar-refractivity contribution in [3.63, 3.8) is 0 Å². The molecule has 2 atom stereocenters. The van der Waals surface area contributed by atoms with Crippen molar-refractivity contribution >= 4 is 16.9 Å². The summed E-state index contributed by atoms with van der Waals surface area (Å²) in [5.41, 5.74) is 7.95. The third-order valence-corrected chi connectivity index (χ3v) is 3.12. The normalized spacial score (nSPS) is 13.7. The number of carbonyl (C=O) groups excluding carboxylic acids is 1. The van der Waals surface area contributed by atoms with Gasteiger partial charge in [-0.2, -0.15) is 0 Å². The van der Waals surface area contributed by atoms with Crippen molar-refractivity contribution in [2.24, 2.45) is 5.73 Å². The van der Waals surface area contributed by atoms with Crippen molar-refractivity contribution < 1.29 is 9.53 Å². The van der Waals surface area contributed by atoms with Gasteiger partial charge in [0, 0.05) is 23.0 Å². The molecule has 0 aliphatic heterocycles. The number of aromatic amines is 1. The molecule has 0 radical (unpaired) electrons. The Morgan fingerprint density at radius 2 is 2.06 bits per heavy atom. The number of aromatic nitrogens is 1. The number of ether oxygens (including phenoxy) is 1. The van der Waals surface area contributed by atoms with Crippen molar-refractivity contribution in [2.75, 3.05) is 7.11 Å². The van der Waals surface area contributed by atoms with E-state index in [1.54, 1.807) is 0 Å². The topological polar surface area (TPSA) is 68.1 Å². The smallest absolute Gasteiger partial charge is 0.323 e. The van der Waals surface area contributed by atoms with Crippen LogP contribution in [-0.2, 0) is 9.53 Å². The number of nitrogens with one attached hydrogen (secondary N) is 1. The number of esters is 1. The lowest BCUT2D eigenvalue weighted by Gasteiger charge is -2.17. The second kappa shape index (κ2) is 5.69. The fourth-order valence-corrected chi connectivity index (χ4v) is 2.00. The van der Waals surface area contributed by atoms with E-state index in [9.17, 15) is 4.79 Å². The van der Waals surface area contributed by atoms with Gasteiger partial charge in [0.2, 0.25) is 0 Å². The maximum Gasteiger partial charge on any atom is 0.323 e. The summed E-state index contributed by atoms with van der Waals surface area (Å²) < 4.78 is 4.67. The van der Waals surface area contributed by atoms with Crippen LogP contribution < -0.4 is 5.73 Å². The van der Waals surface area contributed by atoms with Crippen LogP contribution in [0.2, 0.25) is 0 Å². The van der Waals surface area contributed by atoms with Gasteiger partial charge < -0.3 is 15.5 Å². The Morgan fingerprint density at radius 3 is 2.72 bits per heavy atom. The Labute approximate surface area is 107 Å². The Kier molecular flexibility index (Phi) is 4.50. The monoisotopic (exact) mass is 248 g/mol. The van der Waals surface area contributed by atoms with E-state index >= 15 is 0 Å². The van der Waals surface area contributed by atoms with Gasteiger partial charge in [0.25, 0.3) is 0 Å². The standard InChI is InChI=1S/C13H16N2O2.CH4/c1-8(12(14)13(16)17-2)10-7-15-11-6-4-3-5-9(10)11;/h3-8,12,15H,14H2,1-2H3;1H4/t8-,12+;/m1./s1. The lowest BCUT2D eigenvalue weighted by atomic mass is 9.93. The van der Waals surface area contributed by atoms with Crippen LogP contribution in [-0.4, -0.2) is 24.1 Å². The first-order valence-electron chi connectivity index (χ1n) is 5.54. The van der Waals surface area contributed by atoms with E-state index in [-0.39, 0.29) is 19.3 Å². The molecular formula is C14H20N2O2. The molecule has 18 heavy (non-hydrogen) atoms. The summed E-state index contributed by atoms with van der Waals surface area (Å²) in [7, 11) is 1.35. The van der Waals surface area contributed by atoms with Crippen LogP contribution in [0.15, 0.2) is 30.5 Å². The van der Waals surface area contributed by atoms with Crippen LogP contribution in [0.1, 0.15) is 25.8 Å². The number of fused-ring (bicyclic) bond motifs is 1. The molecule has 1 heterocycles. The van der Waals surface area contributed by atoms with Gasteiger partial charge >= 0.3 is 5.97 Å². The van der Waals surface area contributed by atoms with E-state index in [0.717, 1.165) is 16.5 Å². The first kappa shape index (κ1) is 14.3. The van der Waals surface area contributed by atoms with Crippen molar-refractivity contribution in [1.29, 1.82) is 0 Å². The van der Waals surface area contributed by atoms with Gasteiger partial charge in [-0.15, -0.1) is 0 Å². The molecule has 0 spiro atoms. The molecule has 0 saturated carbocycles. The lowest BCUT2D eigenvalue weighted by Crippen LogP contribution is -2.36. The molecule has 98 valence electrons. The van der Waals surface area contributed by atoms with Crippen LogP contribution in [0.4, 0.5) is 0 Å². The summed E-state index contributed by atoms with van der Waals surface area (Å²) in [5, 5.41) is 1.10. The zero-order chi connectivity index (χ0) is 12.4. The molecule has 4 heteroatoms. The second-order valence-corrected chi connectivity index (χ2v) is 4.13. The van der Waals surface area contributed by atoms with E-state index in [2.05, 4.69) is 9.72 Å². The van der Waals surface area contributed by atoms with E-state index in [1.807, 2.05) is 37.4 Å². The average molecular weight is 248 g/mol. The lowest BCUT2D eigenvalue weighted by molar-refractivity contribution is -0.142. The predicted molar refractivity (Wildman–Crippen MR) is 73.4 cm³/mol. The van der Waals surface area contributed by atoms with Gasteiger partial charge in [-0.1, -0.05) is 32.5 Å². The molecular weight excluding hydrogens is 228 g/mol. The second-order valence-electron chi connectivity index (χ2n) is 4.13. The van der Waals surface area contributed by atoms with Gasteiger partial charge in [0.05, 0.1) is 7.11 Å². The first-order chi connectivity index (χ1) is 8.15. The largest absolute Gasteiger partial charge is 0.468 e. The highest BCUT2D eigenvalue weighted by Crippen LogP contribution is 2.27. The van der Waals surface area contributed by atoms with Crippen molar-refractivity contribution in [2.45, 2.75) is 26.3 Å². The molecule has 0 amide bonds.